The minimum atomic E-state index is -4.35. The van der Waals surface area contributed by atoms with Gasteiger partial charge in [0.2, 0.25) is 0 Å². The average molecular weight is 225 g/mol. The summed E-state index contributed by atoms with van der Waals surface area (Å²) >= 11 is 0.635. The fraction of sp³-hybridized carbons (Fsp3) is 0.625. The SMILES string of the molecule is CC(O)CCc1cnc(C(F)(F)F)s1. The summed E-state index contributed by atoms with van der Waals surface area (Å²) in [6.07, 6.45) is -2.74. The fourth-order valence-electron chi connectivity index (χ4n) is 0.905. The van der Waals surface area contributed by atoms with Crippen LogP contribution in [0.4, 0.5) is 13.2 Å². The van der Waals surface area contributed by atoms with E-state index in [1.165, 1.54) is 6.20 Å². The number of thiazole rings is 1. The number of halogens is 3. The van der Waals surface area contributed by atoms with Crippen LogP contribution in [-0.4, -0.2) is 16.2 Å². The van der Waals surface area contributed by atoms with Crippen LogP contribution < -0.4 is 0 Å². The van der Waals surface area contributed by atoms with Gasteiger partial charge in [-0.2, -0.15) is 13.2 Å². The molecular formula is C8H10F3NOS. The van der Waals surface area contributed by atoms with E-state index in [2.05, 4.69) is 4.98 Å². The van der Waals surface area contributed by atoms with Crippen LogP contribution in [0.3, 0.4) is 0 Å². The zero-order valence-corrected chi connectivity index (χ0v) is 8.32. The lowest BCUT2D eigenvalue weighted by Gasteiger charge is -2.01. The van der Waals surface area contributed by atoms with Gasteiger partial charge in [-0.25, -0.2) is 4.98 Å². The van der Waals surface area contributed by atoms with Crippen LogP contribution in [0.2, 0.25) is 0 Å². The smallest absolute Gasteiger partial charge is 0.393 e. The van der Waals surface area contributed by atoms with E-state index >= 15 is 0 Å². The Kier molecular flexibility index (Phi) is 3.49. The molecule has 0 aliphatic heterocycles. The number of hydrogen-bond donors (Lipinski definition) is 1. The van der Waals surface area contributed by atoms with Crippen molar-refractivity contribution >= 4 is 11.3 Å². The minimum Gasteiger partial charge on any atom is -0.393 e. The number of rotatable bonds is 3. The van der Waals surface area contributed by atoms with Crippen molar-refractivity contribution in [1.82, 2.24) is 4.98 Å². The Bertz CT molecular complexity index is 295. The molecule has 0 saturated carbocycles. The second kappa shape index (κ2) is 4.27. The monoisotopic (exact) mass is 225 g/mol. The lowest BCUT2D eigenvalue weighted by atomic mass is 10.2. The number of aryl methyl sites for hydroxylation is 1. The van der Waals surface area contributed by atoms with Gasteiger partial charge < -0.3 is 5.11 Å². The fourth-order valence-corrected chi connectivity index (χ4v) is 1.70. The van der Waals surface area contributed by atoms with Crippen molar-refractivity contribution in [3.8, 4) is 0 Å². The van der Waals surface area contributed by atoms with Gasteiger partial charge in [-0.1, -0.05) is 0 Å². The van der Waals surface area contributed by atoms with Gasteiger partial charge in [0.1, 0.15) is 0 Å². The first kappa shape index (κ1) is 11.5. The van der Waals surface area contributed by atoms with E-state index in [1.807, 2.05) is 0 Å². The maximum absolute atomic E-state index is 12.1. The van der Waals surface area contributed by atoms with Crippen molar-refractivity contribution in [3.05, 3.63) is 16.1 Å². The number of alkyl halides is 3. The molecule has 0 aromatic carbocycles. The summed E-state index contributed by atoms with van der Waals surface area (Å²) in [5, 5.41) is 8.12. The lowest BCUT2D eigenvalue weighted by Crippen LogP contribution is -2.03. The van der Waals surface area contributed by atoms with E-state index in [9.17, 15) is 13.2 Å². The van der Waals surface area contributed by atoms with Crippen molar-refractivity contribution < 1.29 is 18.3 Å². The van der Waals surface area contributed by atoms with Crippen molar-refractivity contribution in [2.45, 2.75) is 32.0 Å². The van der Waals surface area contributed by atoms with Crippen molar-refractivity contribution in [2.24, 2.45) is 0 Å². The Morgan fingerprint density at radius 1 is 1.57 bits per heavy atom. The van der Waals surface area contributed by atoms with E-state index < -0.39 is 17.3 Å². The molecule has 1 atom stereocenters. The van der Waals surface area contributed by atoms with Crippen LogP contribution in [0.15, 0.2) is 6.20 Å². The predicted molar refractivity (Wildman–Crippen MR) is 47.1 cm³/mol. The molecule has 1 aromatic heterocycles. The second-order valence-corrected chi connectivity index (χ2v) is 4.13. The molecule has 1 heterocycles. The summed E-state index contributed by atoms with van der Waals surface area (Å²) in [7, 11) is 0. The molecule has 1 rings (SSSR count). The summed E-state index contributed by atoms with van der Waals surface area (Å²) in [5.74, 6) is 0. The molecular weight excluding hydrogens is 215 g/mol. The molecule has 0 radical (unpaired) electrons. The molecule has 2 nitrogen and oxygen atoms in total. The van der Waals surface area contributed by atoms with Gasteiger partial charge in [-0.3, -0.25) is 0 Å². The van der Waals surface area contributed by atoms with Crippen LogP contribution in [0.25, 0.3) is 0 Å². The van der Waals surface area contributed by atoms with Crippen LogP contribution in [0, 0.1) is 0 Å². The van der Waals surface area contributed by atoms with Crippen LogP contribution in [0.1, 0.15) is 23.2 Å². The largest absolute Gasteiger partial charge is 0.443 e. The van der Waals surface area contributed by atoms with Gasteiger partial charge in [-0.05, 0) is 19.8 Å². The van der Waals surface area contributed by atoms with Gasteiger partial charge >= 0.3 is 6.18 Å². The standard InChI is InChI=1S/C8H10F3NOS/c1-5(13)2-3-6-4-12-7(14-6)8(9,10)11/h4-5,13H,2-3H2,1H3. The maximum Gasteiger partial charge on any atom is 0.443 e. The Morgan fingerprint density at radius 3 is 2.64 bits per heavy atom. The molecule has 14 heavy (non-hydrogen) atoms. The molecule has 1 unspecified atom stereocenters. The predicted octanol–water partition coefficient (Wildman–Crippen LogP) is 2.48. The van der Waals surface area contributed by atoms with E-state index in [4.69, 9.17) is 5.11 Å². The van der Waals surface area contributed by atoms with Gasteiger partial charge in [0, 0.05) is 11.1 Å². The molecule has 0 amide bonds. The van der Waals surface area contributed by atoms with Crippen LogP contribution in [0.5, 0.6) is 0 Å². The molecule has 1 N–H and O–H groups in total. The third-order valence-electron chi connectivity index (χ3n) is 1.60. The summed E-state index contributed by atoms with van der Waals surface area (Å²) in [5.41, 5.74) is 0. The normalized spacial score (nSPS) is 14.4. The quantitative estimate of drug-likeness (QED) is 0.857. The number of aliphatic hydroxyl groups is 1. The summed E-state index contributed by atoms with van der Waals surface area (Å²) < 4.78 is 36.3. The van der Waals surface area contributed by atoms with Crippen molar-refractivity contribution in [2.75, 3.05) is 0 Å². The highest BCUT2D eigenvalue weighted by Gasteiger charge is 2.34. The third-order valence-corrected chi connectivity index (χ3v) is 2.71. The Labute approximate surface area is 83.4 Å². The Hall–Kier alpha value is -0.620. The van der Waals surface area contributed by atoms with E-state index in [0.717, 1.165) is 0 Å². The van der Waals surface area contributed by atoms with Gasteiger partial charge in [0.05, 0.1) is 6.10 Å². The summed E-state index contributed by atoms with van der Waals surface area (Å²) in [6, 6.07) is 0. The molecule has 0 saturated heterocycles. The molecule has 80 valence electrons. The first-order valence-electron chi connectivity index (χ1n) is 4.09. The Morgan fingerprint density at radius 2 is 2.21 bits per heavy atom. The van der Waals surface area contributed by atoms with Crippen LogP contribution >= 0.6 is 11.3 Å². The van der Waals surface area contributed by atoms with E-state index in [-0.39, 0.29) is 0 Å². The van der Waals surface area contributed by atoms with Crippen molar-refractivity contribution in [3.63, 3.8) is 0 Å². The highest BCUT2D eigenvalue weighted by atomic mass is 32.1. The average Bonchev–Trinajstić information content (AvgIpc) is 2.47. The minimum absolute atomic E-state index is 0.436. The topological polar surface area (TPSA) is 33.1 Å². The highest BCUT2D eigenvalue weighted by Crippen LogP contribution is 2.32. The van der Waals surface area contributed by atoms with E-state index in [0.29, 0.717) is 29.1 Å². The molecule has 0 fully saturated rings. The molecule has 0 aliphatic rings. The summed E-state index contributed by atoms with van der Waals surface area (Å²) in [6.45, 7) is 1.60. The number of hydrogen-bond acceptors (Lipinski definition) is 3. The highest BCUT2D eigenvalue weighted by molar-refractivity contribution is 7.11. The molecule has 0 aliphatic carbocycles. The molecule has 1 aromatic rings. The molecule has 0 spiro atoms. The van der Waals surface area contributed by atoms with E-state index in [1.54, 1.807) is 6.92 Å². The van der Waals surface area contributed by atoms with Crippen molar-refractivity contribution in [1.29, 1.82) is 0 Å². The first-order valence-corrected chi connectivity index (χ1v) is 4.91. The number of aliphatic hydroxyl groups excluding tert-OH is 1. The lowest BCUT2D eigenvalue weighted by molar-refractivity contribution is -0.137. The first-order chi connectivity index (χ1) is 6.39. The second-order valence-electron chi connectivity index (χ2n) is 3.02. The van der Waals surface area contributed by atoms with Crippen LogP contribution in [-0.2, 0) is 12.6 Å². The zero-order chi connectivity index (χ0) is 10.8. The third kappa shape index (κ3) is 3.26. The van der Waals surface area contributed by atoms with Gasteiger partial charge in [0.15, 0.2) is 5.01 Å². The molecule has 6 heteroatoms. The zero-order valence-electron chi connectivity index (χ0n) is 7.51. The Balaban J connectivity index is 2.60. The van der Waals surface area contributed by atoms with Gasteiger partial charge in [0.25, 0.3) is 0 Å². The number of nitrogens with zero attached hydrogens (tertiary/aromatic N) is 1. The molecule has 0 bridgehead atoms. The van der Waals surface area contributed by atoms with Gasteiger partial charge in [-0.15, -0.1) is 11.3 Å². The number of aromatic nitrogens is 1. The summed E-state index contributed by atoms with van der Waals surface area (Å²) in [4.78, 5) is 3.83. The maximum atomic E-state index is 12.1.